The number of hydrogen-bond acceptors (Lipinski definition) is 4. The molecule has 1 atom stereocenters. The van der Waals surface area contributed by atoms with Gasteiger partial charge in [0.2, 0.25) is 5.91 Å². The predicted molar refractivity (Wildman–Crippen MR) is 88.7 cm³/mol. The maximum Gasteiger partial charge on any atom is 0.345 e. The van der Waals surface area contributed by atoms with E-state index in [1.165, 1.54) is 12.3 Å². The minimum atomic E-state index is -0.362. The van der Waals surface area contributed by atoms with Gasteiger partial charge in [0.05, 0.1) is 0 Å². The molecule has 0 spiro atoms. The second-order valence-electron chi connectivity index (χ2n) is 5.99. The number of nitrogens with zero attached hydrogens (tertiary/aromatic N) is 3. The maximum atomic E-state index is 12.5. The number of aromatic amines is 1. The molecule has 7 nitrogen and oxygen atoms in total. The average Bonchev–Trinajstić information content (AvgIpc) is 2.61. The molecule has 0 unspecified atom stereocenters. The number of hydrogen-bond donors (Lipinski definition) is 1. The van der Waals surface area contributed by atoms with Crippen molar-refractivity contribution < 1.29 is 4.79 Å². The Kier molecular flexibility index (Phi) is 4.88. The summed E-state index contributed by atoms with van der Waals surface area (Å²) in [5, 5.41) is 0. The number of aryl methyl sites for hydroxylation is 1. The smallest absolute Gasteiger partial charge is 0.342 e. The Bertz CT molecular complexity index is 827. The number of carbonyl (C=O) groups excluding carboxylic acids is 1. The molecule has 2 aromatic heterocycles. The van der Waals surface area contributed by atoms with Gasteiger partial charge in [-0.1, -0.05) is 6.07 Å². The molecular weight excluding hydrogens is 308 g/mol. The number of piperidine rings is 1. The second-order valence-corrected chi connectivity index (χ2v) is 5.99. The molecule has 1 aliphatic rings. The molecule has 3 heterocycles. The van der Waals surface area contributed by atoms with Crippen LogP contribution in [0.4, 0.5) is 0 Å². The Morgan fingerprint density at radius 3 is 2.96 bits per heavy atom. The first-order valence-electron chi connectivity index (χ1n) is 8.12. The quantitative estimate of drug-likeness (QED) is 0.896. The SMILES string of the molecule is O=C(CCn1ccccc1=O)N1CCC[C@H](c2ccnc(=O)[nH]2)C1. The zero-order chi connectivity index (χ0) is 16.9. The van der Waals surface area contributed by atoms with E-state index in [0.717, 1.165) is 18.5 Å². The number of H-pyrrole nitrogens is 1. The number of amides is 1. The van der Waals surface area contributed by atoms with Gasteiger partial charge in [0.15, 0.2) is 0 Å². The van der Waals surface area contributed by atoms with Crippen molar-refractivity contribution in [1.29, 1.82) is 0 Å². The highest BCUT2D eigenvalue weighted by molar-refractivity contribution is 5.76. The number of likely N-dealkylation sites (tertiary alicyclic amines) is 1. The molecule has 2 aromatic rings. The molecule has 1 fully saturated rings. The van der Waals surface area contributed by atoms with Crippen LogP contribution in [0.3, 0.4) is 0 Å². The summed E-state index contributed by atoms with van der Waals surface area (Å²) in [6, 6.07) is 6.75. The van der Waals surface area contributed by atoms with E-state index in [1.54, 1.807) is 29.0 Å². The fourth-order valence-corrected chi connectivity index (χ4v) is 3.10. The van der Waals surface area contributed by atoms with E-state index in [4.69, 9.17) is 0 Å². The summed E-state index contributed by atoms with van der Waals surface area (Å²) in [5.74, 6) is 0.157. The van der Waals surface area contributed by atoms with Gasteiger partial charge in [0, 0.05) is 56.1 Å². The van der Waals surface area contributed by atoms with Gasteiger partial charge in [0.25, 0.3) is 5.56 Å². The van der Waals surface area contributed by atoms with E-state index < -0.39 is 0 Å². The molecule has 1 saturated heterocycles. The molecule has 24 heavy (non-hydrogen) atoms. The highest BCUT2D eigenvalue weighted by Gasteiger charge is 2.25. The van der Waals surface area contributed by atoms with Crippen molar-refractivity contribution in [3.05, 3.63) is 63.2 Å². The van der Waals surface area contributed by atoms with E-state index in [1.807, 2.05) is 4.90 Å². The summed E-state index contributed by atoms with van der Waals surface area (Å²) in [6.07, 6.45) is 5.31. The molecule has 1 amide bonds. The lowest BCUT2D eigenvalue weighted by Crippen LogP contribution is -2.40. The van der Waals surface area contributed by atoms with E-state index in [9.17, 15) is 14.4 Å². The van der Waals surface area contributed by atoms with Gasteiger partial charge in [0.1, 0.15) is 0 Å². The van der Waals surface area contributed by atoms with Crippen LogP contribution >= 0.6 is 0 Å². The molecule has 0 aromatic carbocycles. The normalized spacial score (nSPS) is 17.7. The van der Waals surface area contributed by atoms with Crippen molar-refractivity contribution >= 4 is 5.91 Å². The molecule has 3 rings (SSSR count). The van der Waals surface area contributed by atoms with Crippen molar-refractivity contribution in [2.75, 3.05) is 13.1 Å². The summed E-state index contributed by atoms with van der Waals surface area (Å²) in [7, 11) is 0. The van der Waals surface area contributed by atoms with Crippen LogP contribution in [0.25, 0.3) is 0 Å². The van der Waals surface area contributed by atoms with E-state index in [-0.39, 0.29) is 23.1 Å². The van der Waals surface area contributed by atoms with Crippen LogP contribution in [0.1, 0.15) is 30.9 Å². The van der Waals surface area contributed by atoms with Crippen LogP contribution in [0.15, 0.2) is 46.2 Å². The van der Waals surface area contributed by atoms with E-state index in [0.29, 0.717) is 26.1 Å². The third kappa shape index (κ3) is 3.79. The van der Waals surface area contributed by atoms with Crippen molar-refractivity contribution in [2.24, 2.45) is 0 Å². The molecule has 7 heteroatoms. The van der Waals surface area contributed by atoms with Crippen LogP contribution in [0, 0.1) is 0 Å². The zero-order valence-corrected chi connectivity index (χ0v) is 13.4. The summed E-state index contributed by atoms with van der Waals surface area (Å²) in [5.41, 5.74) is 0.363. The molecule has 0 aliphatic carbocycles. The first-order chi connectivity index (χ1) is 11.6. The van der Waals surface area contributed by atoms with Crippen molar-refractivity contribution in [3.63, 3.8) is 0 Å². The number of carbonyl (C=O) groups is 1. The molecule has 0 saturated carbocycles. The summed E-state index contributed by atoms with van der Waals surface area (Å²) in [6.45, 7) is 1.68. The van der Waals surface area contributed by atoms with Gasteiger partial charge < -0.3 is 14.5 Å². The summed E-state index contributed by atoms with van der Waals surface area (Å²) < 4.78 is 1.54. The average molecular weight is 328 g/mol. The Morgan fingerprint density at radius 1 is 1.29 bits per heavy atom. The third-order valence-corrected chi connectivity index (χ3v) is 4.38. The topological polar surface area (TPSA) is 88.1 Å². The van der Waals surface area contributed by atoms with Crippen LogP contribution in [0.5, 0.6) is 0 Å². The van der Waals surface area contributed by atoms with Crippen molar-refractivity contribution in [2.45, 2.75) is 31.7 Å². The first-order valence-corrected chi connectivity index (χ1v) is 8.12. The molecule has 126 valence electrons. The number of aromatic nitrogens is 3. The Labute approximate surface area is 139 Å². The Morgan fingerprint density at radius 2 is 2.17 bits per heavy atom. The van der Waals surface area contributed by atoms with Gasteiger partial charge in [-0.25, -0.2) is 9.78 Å². The third-order valence-electron chi connectivity index (χ3n) is 4.38. The van der Waals surface area contributed by atoms with Crippen LogP contribution in [0.2, 0.25) is 0 Å². The highest BCUT2D eigenvalue weighted by atomic mass is 16.2. The fourth-order valence-electron chi connectivity index (χ4n) is 3.10. The maximum absolute atomic E-state index is 12.5. The molecule has 0 radical (unpaired) electrons. The molecule has 0 bridgehead atoms. The first kappa shape index (κ1) is 16.2. The molecule has 1 N–H and O–H groups in total. The van der Waals surface area contributed by atoms with E-state index in [2.05, 4.69) is 9.97 Å². The van der Waals surface area contributed by atoms with Crippen molar-refractivity contribution in [3.8, 4) is 0 Å². The second kappa shape index (κ2) is 7.25. The highest BCUT2D eigenvalue weighted by Crippen LogP contribution is 2.25. The van der Waals surface area contributed by atoms with Crippen LogP contribution < -0.4 is 11.2 Å². The Hall–Kier alpha value is -2.70. The lowest BCUT2D eigenvalue weighted by molar-refractivity contribution is -0.132. The fraction of sp³-hybridized carbons (Fsp3) is 0.412. The van der Waals surface area contributed by atoms with E-state index >= 15 is 0 Å². The van der Waals surface area contributed by atoms with Gasteiger partial charge in [-0.3, -0.25) is 9.59 Å². The van der Waals surface area contributed by atoms with Gasteiger partial charge in [-0.15, -0.1) is 0 Å². The van der Waals surface area contributed by atoms with Gasteiger partial charge in [-0.05, 0) is 25.0 Å². The standard InChI is InChI=1S/C17H20N4O3/c22-15-5-1-2-9-20(15)11-7-16(23)21-10-3-4-13(12-21)14-6-8-18-17(24)19-14/h1-2,5-6,8-9,13H,3-4,7,10-12H2,(H,18,19,24)/t13-/m0/s1. The Balaban J connectivity index is 1.62. The number of nitrogens with one attached hydrogen (secondary N) is 1. The predicted octanol–water partition coefficient (Wildman–Crippen LogP) is 0.728. The molecular formula is C17H20N4O3. The zero-order valence-electron chi connectivity index (χ0n) is 13.4. The minimum Gasteiger partial charge on any atom is -0.342 e. The van der Waals surface area contributed by atoms with Gasteiger partial charge >= 0.3 is 5.69 Å². The summed E-state index contributed by atoms with van der Waals surface area (Å²) >= 11 is 0. The lowest BCUT2D eigenvalue weighted by Gasteiger charge is -2.32. The largest absolute Gasteiger partial charge is 0.345 e. The summed E-state index contributed by atoms with van der Waals surface area (Å²) in [4.78, 5) is 43.7. The number of pyridine rings is 1. The monoisotopic (exact) mass is 328 g/mol. The number of rotatable bonds is 4. The lowest BCUT2D eigenvalue weighted by atomic mass is 9.94. The minimum absolute atomic E-state index is 0.0341. The van der Waals surface area contributed by atoms with Crippen molar-refractivity contribution in [1.82, 2.24) is 19.4 Å². The van der Waals surface area contributed by atoms with Crippen LogP contribution in [-0.4, -0.2) is 38.4 Å². The van der Waals surface area contributed by atoms with Gasteiger partial charge in [-0.2, -0.15) is 0 Å². The molecule has 1 aliphatic heterocycles. The van der Waals surface area contributed by atoms with Crippen LogP contribution in [-0.2, 0) is 11.3 Å².